The summed E-state index contributed by atoms with van der Waals surface area (Å²) in [6.45, 7) is 5.63. The molecular formula is C18H20ClN3O5S. The van der Waals surface area contributed by atoms with Gasteiger partial charge in [-0.1, -0.05) is 31.5 Å². The largest absolute Gasteiger partial charge is 0.322 e. The Morgan fingerprint density at radius 3 is 2.39 bits per heavy atom. The Kier molecular flexibility index (Phi) is 6.76. The Morgan fingerprint density at radius 1 is 1.18 bits per heavy atom. The lowest BCUT2D eigenvalue weighted by Gasteiger charge is -2.19. The molecule has 0 spiro atoms. The fourth-order valence-corrected chi connectivity index (χ4v) is 4.61. The van der Waals surface area contributed by atoms with Crippen LogP contribution in [-0.4, -0.2) is 36.6 Å². The second kappa shape index (κ2) is 8.68. The monoisotopic (exact) mass is 425 g/mol. The maximum Gasteiger partial charge on any atom is 0.270 e. The molecule has 0 saturated carbocycles. The predicted octanol–water partition coefficient (Wildman–Crippen LogP) is 3.84. The van der Waals surface area contributed by atoms with Gasteiger partial charge in [0.05, 0.1) is 9.95 Å². The van der Waals surface area contributed by atoms with Gasteiger partial charge in [-0.05, 0) is 30.7 Å². The fraction of sp³-hybridized carbons (Fsp3) is 0.278. The number of benzene rings is 2. The van der Waals surface area contributed by atoms with Gasteiger partial charge in [0.15, 0.2) is 0 Å². The molecule has 0 saturated heterocycles. The number of nitro groups is 1. The van der Waals surface area contributed by atoms with E-state index in [2.05, 4.69) is 5.32 Å². The van der Waals surface area contributed by atoms with Crippen molar-refractivity contribution in [1.82, 2.24) is 4.31 Å². The molecule has 2 rings (SSSR count). The number of nitrogens with one attached hydrogen (secondary N) is 1. The van der Waals surface area contributed by atoms with E-state index >= 15 is 0 Å². The van der Waals surface area contributed by atoms with Crippen LogP contribution < -0.4 is 5.32 Å². The molecule has 0 aromatic heterocycles. The molecule has 0 atom stereocenters. The summed E-state index contributed by atoms with van der Waals surface area (Å²) in [5.41, 5.74) is 0.674. The molecule has 0 fully saturated rings. The topological polar surface area (TPSA) is 110 Å². The van der Waals surface area contributed by atoms with Crippen LogP contribution in [0.2, 0.25) is 5.02 Å². The quantitative estimate of drug-likeness (QED) is 0.535. The van der Waals surface area contributed by atoms with E-state index in [1.54, 1.807) is 20.8 Å². The Bertz CT molecular complexity index is 1020. The van der Waals surface area contributed by atoms with Crippen LogP contribution in [0.1, 0.15) is 29.8 Å². The number of halogens is 1. The van der Waals surface area contributed by atoms with Crippen molar-refractivity contribution in [3.8, 4) is 0 Å². The predicted molar refractivity (Wildman–Crippen MR) is 107 cm³/mol. The molecule has 0 unspecified atom stereocenters. The minimum Gasteiger partial charge on any atom is -0.322 e. The first-order chi connectivity index (χ1) is 13.1. The van der Waals surface area contributed by atoms with E-state index in [1.807, 2.05) is 0 Å². The second-order valence-electron chi connectivity index (χ2n) is 5.94. The fourth-order valence-electron chi connectivity index (χ4n) is 2.65. The van der Waals surface area contributed by atoms with Gasteiger partial charge in [0.1, 0.15) is 4.90 Å². The van der Waals surface area contributed by atoms with E-state index in [0.29, 0.717) is 5.56 Å². The molecule has 0 aliphatic carbocycles. The van der Waals surface area contributed by atoms with E-state index in [4.69, 9.17) is 11.6 Å². The molecule has 0 heterocycles. The first-order valence-corrected chi connectivity index (χ1v) is 10.3. The van der Waals surface area contributed by atoms with Gasteiger partial charge in [0.2, 0.25) is 10.0 Å². The summed E-state index contributed by atoms with van der Waals surface area (Å²) in [4.78, 5) is 22.8. The molecule has 8 nitrogen and oxygen atoms in total. The number of aryl methyl sites for hydroxylation is 1. The molecule has 0 aliphatic rings. The number of rotatable bonds is 7. The number of hydrogen-bond acceptors (Lipinski definition) is 5. The normalized spacial score (nSPS) is 11.5. The van der Waals surface area contributed by atoms with Crippen molar-refractivity contribution in [2.45, 2.75) is 25.7 Å². The van der Waals surface area contributed by atoms with Gasteiger partial charge in [-0.25, -0.2) is 8.42 Å². The van der Waals surface area contributed by atoms with E-state index in [9.17, 15) is 23.3 Å². The summed E-state index contributed by atoms with van der Waals surface area (Å²) in [5, 5.41) is 13.6. The maximum absolute atomic E-state index is 12.8. The molecule has 0 aliphatic heterocycles. The van der Waals surface area contributed by atoms with Crippen LogP contribution in [-0.2, 0) is 10.0 Å². The number of sulfonamides is 1. The number of anilines is 1. The Balaban J connectivity index is 2.40. The van der Waals surface area contributed by atoms with Crippen LogP contribution in [0.3, 0.4) is 0 Å². The van der Waals surface area contributed by atoms with Crippen LogP contribution in [0.15, 0.2) is 41.3 Å². The van der Waals surface area contributed by atoms with E-state index in [1.165, 1.54) is 40.7 Å². The SMILES string of the molecule is CCN(CC)S(=O)(=O)c1cc(NC(=O)c2cc([N+](=O)[O-])ccc2C)ccc1Cl. The maximum atomic E-state index is 12.8. The van der Waals surface area contributed by atoms with Gasteiger partial charge in [0.25, 0.3) is 11.6 Å². The summed E-state index contributed by atoms with van der Waals surface area (Å²) in [6, 6.07) is 8.09. The van der Waals surface area contributed by atoms with Gasteiger partial charge in [-0.15, -0.1) is 0 Å². The number of hydrogen-bond donors (Lipinski definition) is 1. The smallest absolute Gasteiger partial charge is 0.270 e. The van der Waals surface area contributed by atoms with Crippen molar-refractivity contribution >= 4 is 38.9 Å². The first-order valence-electron chi connectivity index (χ1n) is 8.47. The number of carbonyl (C=O) groups excluding carboxylic acids is 1. The molecule has 28 heavy (non-hydrogen) atoms. The molecule has 10 heteroatoms. The lowest BCUT2D eigenvalue weighted by Crippen LogP contribution is -2.30. The van der Waals surface area contributed by atoms with Crippen molar-refractivity contribution in [3.05, 3.63) is 62.7 Å². The zero-order valence-electron chi connectivity index (χ0n) is 15.6. The highest BCUT2D eigenvalue weighted by atomic mass is 35.5. The average Bonchev–Trinajstić information content (AvgIpc) is 2.64. The molecule has 0 radical (unpaired) electrons. The van der Waals surface area contributed by atoms with Crippen LogP contribution in [0.5, 0.6) is 0 Å². The zero-order valence-corrected chi connectivity index (χ0v) is 17.2. The van der Waals surface area contributed by atoms with Crippen molar-refractivity contribution in [2.24, 2.45) is 0 Å². The highest BCUT2D eigenvalue weighted by Gasteiger charge is 2.25. The van der Waals surface area contributed by atoms with Gasteiger partial charge >= 0.3 is 0 Å². The lowest BCUT2D eigenvalue weighted by atomic mass is 10.1. The third kappa shape index (κ3) is 4.49. The van der Waals surface area contributed by atoms with Crippen LogP contribution in [0.25, 0.3) is 0 Å². The second-order valence-corrected chi connectivity index (χ2v) is 8.26. The molecule has 2 aromatic carbocycles. The summed E-state index contributed by atoms with van der Waals surface area (Å²) >= 11 is 6.08. The number of nitrogens with zero attached hydrogens (tertiary/aromatic N) is 2. The Hall–Kier alpha value is -2.49. The van der Waals surface area contributed by atoms with Crippen LogP contribution >= 0.6 is 11.6 Å². The van der Waals surface area contributed by atoms with E-state index < -0.39 is 20.9 Å². The molecule has 150 valence electrons. The minimum absolute atomic E-state index is 0.0384. The van der Waals surface area contributed by atoms with Crippen LogP contribution in [0, 0.1) is 17.0 Å². The average molecular weight is 426 g/mol. The molecular weight excluding hydrogens is 406 g/mol. The highest BCUT2D eigenvalue weighted by Crippen LogP contribution is 2.28. The van der Waals surface area contributed by atoms with Gasteiger partial charge in [-0.2, -0.15) is 4.31 Å². The summed E-state index contributed by atoms with van der Waals surface area (Å²) in [5.74, 6) is -0.588. The van der Waals surface area contributed by atoms with Crippen LogP contribution in [0.4, 0.5) is 11.4 Å². The lowest BCUT2D eigenvalue weighted by molar-refractivity contribution is -0.384. The summed E-state index contributed by atoms with van der Waals surface area (Å²) in [7, 11) is -3.82. The molecule has 0 bridgehead atoms. The van der Waals surface area contributed by atoms with Gasteiger partial charge in [0, 0.05) is 36.5 Å². The summed E-state index contributed by atoms with van der Waals surface area (Å²) in [6.07, 6.45) is 0. The third-order valence-corrected chi connectivity index (χ3v) is 6.72. The third-order valence-electron chi connectivity index (χ3n) is 4.19. The first kappa shape index (κ1) is 21.8. The number of nitro benzene ring substituents is 1. The van der Waals surface area contributed by atoms with Gasteiger partial charge in [-0.3, -0.25) is 14.9 Å². The Morgan fingerprint density at radius 2 is 1.82 bits per heavy atom. The molecule has 2 aromatic rings. The minimum atomic E-state index is -3.82. The highest BCUT2D eigenvalue weighted by molar-refractivity contribution is 7.89. The standard InChI is InChI=1S/C18H20ClN3O5S/c1-4-21(5-2)28(26,27)17-10-13(7-9-16(17)19)20-18(23)15-11-14(22(24)25)8-6-12(15)3/h6-11H,4-5H2,1-3H3,(H,20,23). The van der Waals surface area contributed by atoms with Crippen molar-refractivity contribution in [2.75, 3.05) is 18.4 Å². The number of non-ortho nitro benzene ring substituents is 1. The van der Waals surface area contributed by atoms with Crippen molar-refractivity contribution in [1.29, 1.82) is 0 Å². The zero-order chi connectivity index (χ0) is 21.1. The summed E-state index contributed by atoms with van der Waals surface area (Å²) < 4.78 is 26.8. The number of carbonyl (C=O) groups is 1. The van der Waals surface area contributed by atoms with E-state index in [-0.39, 0.29) is 39.9 Å². The van der Waals surface area contributed by atoms with Crippen molar-refractivity contribution < 1.29 is 18.1 Å². The number of amides is 1. The van der Waals surface area contributed by atoms with E-state index in [0.717, 1.165) is 0 Å². The van der Waals surface area contributed by atoms with Crippen molar-refractivity contribution in [3.63, 3.8) is 0 Å². The molecule has 1 N–H and O–H groups in total. The Labute approximate surface area is 168 Å². The van der Waals surface area contributed by atoms with Gasteiger partial charge < -0.3 is 5.32 Å². The molecule has 1 amide bonds.